The summed E-state index contributed by atoms with van der Waals surface area (Å²) in [5, 5.41) is 3.47. The van der Waals surface area contributed by atoms with Gasteiger partial charge in [0.05, 0.1) is 4.58 Å². The largest absolute Gasteiger partial charge is 0.322 e. The van der Waals surface area contributed by atoms with E-state index >= 15 is 0 Å². The van der Waals surface area contributed by atoms with E-state index in [9.17, 15) is 4.79 Å². The van der Waals surface area contributed by atoms with Gasteiger partial charge >= 0.3 is 0 Å². The van der Waals surface area contributed by atoms with E-state index in [0.29, 0.717) is 20.9 Å². The van der Waals surface area contributed by atoms with Gasteiger partial charge in [0.15, 0.2) is 0 Å². The summed E-state index contributed by atoms with van der Waals surface area (Å²) < 4.78 is 0.499. The Balaban J connectivity index is 1.68. The summed E-state index contributed by atoms with van der Waals surface area (Å²) in [4.78, 5) is 12.2. The number of hydrogen-bond acceptors (Lipinski definition) is 3. The highest BCUT2D eigenvalue weighted by molar-refractivity contribution is 8.16. The number of carbonyl (C=O) groups excluding carboxylic acids is 1. The van der Waals surface area contributed by atoms with Crippen LogP contribution in [0.2, 0.25) is 5.02 Å². The highest BCUT2D eigenvalue weighted by Crippen LogP contribution is 2.43. The van der Waals surface area contributed by atoms with Gasteiger partial charge in [0.1, 0.15) is 0 Å². The molecule has 0 atom stereocenters. The molecule has 2 nitrogen and oxygen atoms in total. The molecular formula is C17H16ClNOS2. The van der Waals surface area contributed by atoms with E-state index in [1.807, 2.05) is 47.8 Å². The van der Waals surface area contributed by atoms with Crippen LogP contribution in [0.3, 0.4) is 0 Å². The Bertz CT molecular complexity index is 654. The molecule has 1 fully saturated rings. The molecule has 2 aromatic carbocycles. The quantitative estimate of drug-likeness (QED) is 0.797. The van der Waals surface area contributed by atoms with Crippen molar-refractivity contribution in [3.63, 3.8) is 0 Å². The van der Waals surface area contributed by atoms with Crippen LogP contribution < -0.4 is 5.32 Å². The first-order valence-corrected chi connectivity index (χ1v) is 9.60. The molecule has 0 saturated carbocycles. The Labute approximate surface area is 144 Å². The number of thioether (sulfide) groups is 2. The van der Waals surface area contributed by atoms with Gasteiger partial charge in [-0.3, -0.25) is 4.79 Å². The predicted molar refractivity (Wildman–Crippen MR) is 98.1 cm³/mol. The molecule has 2 aromatic rings. The summed E-state index contributed by atoms with van der Waals surface area (Å²) in [7, 11) is 0. The lowest BCUT2D eigenvalue weighted by Crippen LogP contribution is -2.12. The summed E-state index contributed by atoms with van der Waals surface area (Å²) in [5.41, 5.74) is 2.66. The number of rotatable bonds is 3. The van der Waals surface area contributed by atoms with Crippen LogP contribution in [-0.2, 0) is 0 Å². The van der Waals surface area contributed by atoms with Crippen molar-refractivity contribution >= 4 is 46.7 Å². The first kappa shape index (κ1) is 15.8. The van der Waals surface area contributed by atoms with Gasteiger partial charge in [-0.05, 0) is 53.8 Å². The summed E-state index contributed by atoms with van der Waals surface area (Å²) in [6.45, 7) is 0. The van der Waals surface area contributed by atoms with Crippen molar-refractivity contribution in [3.05, 3.63) is 64.7 Å². The van der Waals surface area contributed by atoms with Crippen LogP contribution >= 0.6 is 35.1 Å². The van der Waals surface area contributed by atoms with E-state index in [4.69, 9.17) is 11.6 Å². The summed E-state index contributed by atoms with van der Waals surface area (Å²) in [6, 6.07) is 15.1. The second-order valence-electron chi connectivity index (χ2n) is 5.01. The van der Waals surface area contributed by atoms with Crippen LogP contribution in [0.4, 0.5) is 5.69 Å². The van der Waals surface area contributed by atoms with Crippen LogP contribution in [-0.4, -0.2) is 17.4 Å². The fraction of sp³-hybridized carbons (Fsp3) is 0.235. The molecule has 1 amide bonds. The molecule has 1 heterocycles. The zero-order chi connectivity index (χ0) is 15.4. The summed E-state index contributed by atoms with van der Waals surface area (Å²) in [5.74, 6) is 2.32. The van der Waals surface area contributed by atoms with E-state index in [0.717, 1.165) is 0 Å². The van der Waals surface area contributed by atoms with Crippen LogP contribution in [0.1, 0.15) is 26.9 Å². The van der Waals surface area contributed by atoms with E-state index < -0.39 is 0 Å². The lowest BCUT2D eigenvalue weighted by atomic mass is 10.1. The minimum absolute atomic E-state index is 0.113. The van der Waals surface area contributed by atoms with Crippen LogP contribution in [0.5, 0.6) is 0 Å². The molecule has 0 radical (unpaired) electrons. The number of benzene rings is 2. The lowest BCUT2D eigenvalue weighted by Gasteiger charge is -2.21. The molecule has 0 aromatic heterocycles. The molecule has 114 valence electrons. The van der Waals surface area contributed by atoms with Gasteiger partial charge in [-0.2, -0.15) is 0 Å². The second-order valence-corrected chi connectivity index (χ2v) is 8.17. The number of anilines is 1. The number of amides is 1. The molecule has 0 aliphatic carbocycles. The zero-order valence-corrected chi connectivity index (χ0v) is 14.3. The van der Waals surface area contributed by atoms with Gasteiger partial charge in [0.25, 0.3) is 5.91 Å². The van der Waals surface area contributed by atoms with Crippen molar-refractivity contribution in [1.29, 1.82) is 0 Å². The number of nitrogens with one attached hydrogen (secondary N) is 1. The Morgan fingerprint density at radius 2 is 1.82 bits per heavy atom. The van der Waals surface area contributed by atoms with Gasteiger partial charge in [0.2, 0.25) is 0 Å². The third kappa shape index (κ3) is 4.00. The molecule has 22 heavy (non-hydrogen) atoms. The van der Waals surface area contributed by atoms with Gasteiger partial charge in [-0.1, -0.05) is 29.8 Å². The minimum atomic E-state index is -0.113. The van der Waals surface area contributed by atoms with Gasteiger partial charge < -0.3 is 5.32 Å². The number of hydrogen-bond donors (Lipinski definition) is 1. The van der Waals surface area contributed by atoms with E-state index in [1.165, 1.54) is 23.5 Å². The maximum atomic E-state index is 12.2. The molecule has 1 saturated heterocycles. The SMILES string of the molecule is O=C(Nc1cccc(Cl)c1)c1ccc(C2SCCCS2)cc1. The van der Waals surface area contributed by atoms with Gasteiger partial charge in [0, 0.05) is 16.3 Å². The fourth-order valence-corrected chi connectivity index (χ4v) is 5.33. The highest BCUT2D eigenvalue weighted by atomic mass is 35.5. The third-order valence-corrected chi connectivity index (χ3v) is 6.60. The predicted octanol–water partition coefficient (Wildman–Crippen LogP) is 5.46. The monoisotopic (exact) mass is 349 g/mol. The third-order valence-electron chi connectivity index (χ3n) is 3.35. The molecule has 3 rings (SSSR count). The van der Waals surface area contributed by atoms with Crippen molar-refractivity contribution in [3.8, 4) is 0 Å². The lowest BCUT2D eigenvalue weighted by molar-refractivity contribution is 0.102. The maximum absolute atomic E-state index is 12.2. The molecule has 1 aliphatic heterocycles. The normalized spacial score (nSPS) is 15.5. The molecular weight excluding hydrogens is 334 g/mol. The maximum Gasteiger partial charge on any atom is 0.255 e. The average Bonchev–Trinajstić information content (AvgIpc) is 2.56. The molecule has 1 aliphatic rings. The smallest absolute Gasteiger partial charge is 0.255 e. The summed E-state index contributed by atoms with van der Waals surface area (Å²) >= 11 is 9.89. The van der Waals surface area contributed by atoms with Crippen molar-refractivity contribution < 1.29 is 4.79 Å². The molecule has 0 unspecified atom stereocenters. The second kappa shape index (κ2) is 7.44. The molecule has 1 N–H and O–H groups in total. The van der Waals surface area contributed by atoms with E-state index in [-0.39, 0.29) is 5.91 Å². The van der Waals surface area contributed by atoms with Crippen LogP contribution in [0.25, 0.3) is 0 Å². The standard InChI is InChI=1S/C17H16ClNOS2/c18-14-3-1-4-15(11-14)19-16(20)12-5-7-13(8-6-12)17-21-9-2-10-22-17/h1,3-8,11,17H,2,9-10H2,(H,19,20). The Morgan fingerprint density at radius 3 is 2.50 bits per heavy atom. The topological polar surface area (TPSA) is 29.1 Å². The van der Waals surface area contributed by atoms with E-state index in [2.05, 4.69) is 17.4 Å². The Hall–Kier alpha value is -1.10. The van der Waals surface area contributed by atoms with Gasteiger partial charge in [-0.25, -0.2) is 0 Å². The van der Waals surface area contributed by atoms with Crippen molar-refractivity contribution in [1.82, 2.24) is 0 Å². The van der Waals surface area contributed by atoms with Crippen LogP contribution in [0, 0.1) is 0 Å². The van der Waals surface area contributed by atoms with Crippen molar-refractivity contribution in [2.75, 3.05) is 16.8 Å². The van der Waals surface area contributed by atoms with Gasteiger partial charge in [-0.15, -0.1) is 23.5 Å². The average molecular weight is 350 g/mol. The van der Waals surface area contributed by atoms with Crippen molar-refractivity contribution in [2.24, 2.45) is 0 Å². The minimum Gasteiger partial charge on any atom is -0.322 e. The first-order chi connectivity index (χ1) is 10.7. The fourth-order valence-electron chi connectivity index (χ4n) is 2.24. The van der Waals surface area contributed by atoms with Crippen LogP contribution in [0.15, 0.2) is 48.5 Å². The molecule has 0 spiro atoms. The number of carbonyl (C=O) groups is 1. The van der Waals surface area contributed by atoms with E-state index in [1.54, 1.807) is 12.1 Å². The summed E-state index contributed by atoms with van der Waals surface area (Å²) in [6.07, 6.45) is 1.28. The molecule has 5 heteroatoms. The Kier molecular flexibility index (Phi) is 5.34. The highest BCUT2D eigenvalue weighted by Gasteiger charge is 2.17. The zero-order valence-electron chi connectivity index (χ0n) is 11.9. The molecule has 0 bridgehead atoms. The Morgan fingerprint density at radius 1 is 1.09 bits per heavy atom. The van der Waals surface area contributed by atoms with Crippen molar-refractivity contribution in [2.45, 2.75) is 11.0 Å². The number of halogens is 1. The first-order valence-electron chi connectivity index (χ1n) is 7.12.